The highest BCUT2D eigenvalue weighted by atomic mass is 79.9. The fourth-order valence-electron chi connectivity index (χ4n) is 2.16. The van der Waals surface area contributed by atoms with Crippen LogP contribution < -0.4 is 5.32 Å². The first kappa shape index (κ1) is 14.7. The Morgan fingerprint density at radius 3 is 2.47 bits per heavy atom. The molecular weight excluding hydrogens is 324 g/mol. The minimum atomic E-state index is 0.299. The predicted molar refractivity (Wildman–Crippen MR) is 82.5 cm³/mol. The van der Waals surface area contributed by atoms with Crippen LogP contribution in [0.4, 0.5) is 0 Å². The Morgan fingerprint density at radius 2 is 2.00 bits per heavy atom. The van der Waals surface area contributed by atoms with Gasteiger partial charge in [0.15, 0.2) is 0 Å². The molecule has 0 fully saturated rings. The molecule has 0 aliphatic rings. The van der Waals surface area contributed by atoms with Gasteiger partial charge in [-0.05, 0) is 43.6 Å². The van der Waals surface area contributed by atoms with Crippen molar-refractivity contribution in [3.63, 3.8) is 0 Å². The third-order valence-electron chi connectivity index (χ3n) is 3.17. The summed E-state index contributed by atoms with van der Waals surface area (Å²) in [4.78, 5) is 5.79. The second-order valence-corrected chi connectivity index (χ2v) is 6.78. The summed E-state index contributed by atoms with van der Waals surface area (Å²) in [6.07, 6.45) is 0. The predicted octanol–water partition coefficient (Wildman–Crippen LogP) is 3.42. The van der Waals surface area contributed by atoms with Gasteiger partial charge in [0.25, 0.3) is 0 Å². The SMILES string of the molecule is Cc1nc(C)c(C(C)NCc2c(Br)c(C)nn2C)s1. The first-order valence-electron chi connectivity index (χ1n) is 6.25. The van der Waals surface area contributed by atoms with Gasteiger partial charge in [0, 0.05) is 24.5 Å². The average molecular weight is 343 g/mol. The first-order valence-corrected chi connectivity index (χ1v) is 7.86. The summed E-state index contributed by atoms with van der Waals surface area (Å²) in [6.45, 7) is 9.09. The molecule has 2 aromatic rings. The quantitative estimate of drug-likeness (QED) is 0.925. The smallest absolute Gasteiger partial charge is 0.0900 e. The molecule has 2 rings (SSSR count). The van der Waals surface area contributed by atoms with Gasteiger partial charge in [0.1, 0.15) is 0 Å². The van der Waals surface area contributed by atoms with Gasteiger partial charge in [-0.25, -0.2) is 4.98 Å². The zero-order valence-corrected chi connectivity index (χ0v) is 14.3. The van der Waals surface area contributed by atoms with Crippen molar-refractivity contribution in [2.45, 2.75) is 40.3 Å². The topological polar surface area (TPSA) is 42.7 Å². The summed E-state index contributed by atoms with van der Waals surface area (Å²) < 4.78 is 3.01. The highest BCUT2D eigenvalue weighted by molar-refractivity contribution is 9.10. The van der Waals surface area contributed by atoms with Gasteiger partial charge in [0.2, 0.25) is 0 Å². The summed E-state index contributed by atoms with van der Waals surface area (Å²) >= 11 is 5.36. The minimum absolute atomic E-state index is 0.299. The van der Waals surface area contributed by atoms with Crippen LogP contribution in [0.5, 0.6) is 0 Å². The van der Waals surface area contributed by atoms with Gasteiger partial charge < -0.3 is 5.32 Å². The fraction of sp³-hybridized carbons (Fsp3) is 0.538. The van der Waals surface area contributed by atoms with Gasteiger partial charge >= 0.3 is 0 Å². The molecule has 19 heavy (non-hydrogen) atoms. The Morgan fingerprint density at radius 1 is 1.32 bits per heavy atom. The number of halogens is 1. The largest absolute Gasteiger partial charge is 0.304 e. The van der Waals surface area contributed by atoms with Crippen molar-refractivity contribution in [2.24, 2.45) is 7.05 Å². The number of aryl methyl sites for hydroxylation is 4. The van der Waals surface area contributed by atoms with E-state index in [-0.39, 0.29) is 0 Å². The van der Waals surface area contributed by atoms with Gasteiger partial charge in [-0.1, -0.05) is 0 Å². The Bertz CT molecular complexity index is 588. The lowest BCUT2D eigenvalue weighted by Gasteiger charge is -2.13. The number of nitrogens with one attached hydrogen (secondary N) is 1. The van der Waals surface area contributed by atoms with Crippen molar-refractivity contribution in [1.82, 2.24) is 20.1 Å². The molecule has 0 aliphatic carbocycles. The Hall–Kier alpha value is -0.720. The molecule has 0 bridgehead atoms. The van der Waals surface area contributed by atoms with Crippen LogP contribution in [0, 0.1) is 20.8 Å². The molecule has 0 aliphatic heterocycles. The molecule has 2 heterocycles. The molecule has 0 saturated heterocycles. The Kier molecular flexibility index (Phi) is 4.43. The molecule has 0 radical (unpaired) electrons. The van der Waals surface area contributed by atoms with Crippen molar-refractivity contribution in [3.8, 4) is 0 Å². The summed E-state index contributed by atoms with van der Waals surface area (Å²) in [5.41, 5.74) is 3.32. The molecule has 4 nitrogen and oxygen atoms in total. The number of rotatable bonds is 4. The Balaban J connectivity index is 2.08. The van der Waals surface area contributed by atoms with Crippen LogP contribution in [0.25, 0.3) is 0 Å². The Labute approximate surface area is 126 Å². The number of hydrogen-bond acceptors (Lipinski definition) is 4. The summed E-state index contributed by atoms with van der Waals surface area (Å²) in [5, 5.41) is 9.07. The molecule has 2 aromatic heterocycles. The zero-order chi connectivity index (χ0) is 14.2. The second kappa shape index (κ2) is 5.73. The van der Waals surface area contributed by atoms with Crippen molar-refractivity contribution < 1.29 is 0 Å². The van der Waals surface area contributed by atoms with Crippen molar-refractivity contribution >= 4 is 27.3 Å². The maximum atomic E-state index is 4.48. The van der Waals surface area contributed by atoms with Crippen LogP contribution in [0.2, 0.25) is 0 Å². The van der Waals surface area contributed by atoms with E-state index >= 15 is 0 Å². The lowest BCUT2D eigenvalue weighted by molar-refractivity contribution is 0.550. The van der Waals surface area contributed by atoms with Gasteiger partial charge in [0.05, 0.1) is 26.6 Å². The molecule has 0 saturated carbocycles. The molecular formula is C13H19BrN4S. The molecule has 1 N–H and O–H groups in total. The summed E-state index contributed by atoms with van der Waals surface area (Å²) in [5.74, 6) is 0. The van der Waals surface area contributed by atoms with Crippen molar-refractivity contribution in [1.29, 1.82) is 0 Å². The van der Waals surface area contributed by atoms with Crippen molar-refractivity contribution in [3.05, 3.63) is 31.4 Å². The second-order valence-electron chi connectivity index (χ2n) is 4.75. The number of nitrogens with zero attached hydrogens (tertiary/aromatic N) is 3. The third kappa shape index (κ3) is 3.07. The third-order valence-corrected chi connectivity index (χ3v) is 5.46. The molecule has 6 heteroatoms. The number of thiazole rings is 1. The van der Waals surface area contributed by atoms with Crippen LogP contribution in [0.1, 0.15) is 39.9 Å². The van der Waals surface area contributed by atoms with Crippen molar-refractivity contribution in [2.75, 3.05) is 0 Å². The van der Waals surface area contributed by atoms with E-state index in [0.29, 0.717) is 6.04 Å². The number of aromatic nitrogens is 3. The zero-order valence-electron chi connectivity index (χ0n) is 11.9. The lowest BCUT2D eigenvalue weighted by atomic mass is 10.2. The molecule has 0 amide bonds. The van der Waals surface area contributed by atoms with E-state index in [9.17, 15) is 0 Å². The van der Waals surface area contributed by atoms with E-state index in [1.807, 2.05) is 18.7 Å². The molecule has 1 atom stereocenters. The number of hydrogen-bond donors (Lipinski definition) is 1. The normalized spacial score (nSPS) is 12.9. The van der Waals surface area contributed by atoms with Crippen LogP contribution in [-0.4, -0.2) is 14.8 Å². The van der Waals surface area contributed by atoms with Crippen LogP contribution in [0.3, 0.4) is 0 Å². The van der Waals surface area contributed by atoms with E-state index < -0.39 is 0 Å². The van der Waals surface area contributed by atoms with E-state index in [2.05, 4.69) is 52.1 Å². The van der Waals surface area contributed by atoms with Crippen LogP contribution >= 0.6 is 27.3 Å². The van der Waals surface area contributed by atoms with Crippen LogP contribution in [0.15, 0.2) is 4.47 Å². The van der Waals surface area contributed by atoms with Gasteiger partial charge in [-0.3, -0.25) is 4.68 Å². The van der Waals surface area contributed by atoms with E-state index in [0.717, 1.165) is 27.4 Å². The van der Waals surface area contributed by atoms with Gasteiger partial charge in [-0.2, -0.15) is 5.10 Å². The molecule has 0 aromatic carbocycles. The first-order chi connectivity index (χ1) is 8.90. The summed E-state index contributed by atoms with van der Waals surface area (Å²) in [7, 11) is 1.97. The van der Waals surface area contributed by atoms with Crippen LogP contribution in [-0.2, 0) is 13.6 Å². The monoisotopic (exact) mass is 342 g/mol. The summed E-state index contributed by atoms with van der Waals surface area (Å²) in [6, 6.07) is 0.299. The highest BCUT2D eigenvalue weighted by Crippen LogP contribution is 2.26. The minimum Gasteiger partial charge on any atom is -0.304 e. The molecule has 0 spiro atoms. The van der Waals surface area contributed by atoms with Gasteiger partial charge in [-0.15, -0.1) is 11.3 Å². The molecule has 1 unspecified atom stereocenters. The lowest BCUT2D eigenvalue weighted by Crippen LogP contribution is -2.20. The van der Waals surface area contributed by atoms with E-state index in [4.69, 9.17) is 0 Å². The van der Waals surface area contributed by atoms with E-state index in [1.54, 1.807) is 11.3 Å². The maximum Gasteiger partial charge on any atom is 0.0900 e. The fourth-order valence-corrected chi connectivity index (χ4v) is 3.59. The highest BCUT2D eigenvalue weighted by Gasteiger charge is 2.15. The van der Waals surface area contributed by atoms with E-state index in [1.165, 1.54) is 10.6 Å². The average Bonchev–Trinajstić information content (AvgIpc) is 2.78. The maximum absolute atomic E-state index is 4.48. The standard InChI is InChI=1S/C13H19BrN4S/c1-7-12(14)11(18(5)17-7)6-15-8(2)13-9(3)16-10(4)19-13/h8,15H,6H2,1-5H3. The molecule has 104 valence electrons.